The van der Waals surface area contributed by atoms with Crippen LogP contribution in [0.5, 0.6) is 0 Å². The molecule has 2 aromatic rings. The number of aryl methyl sites for hydroxylation is 1. The van der Waals surface area contributed by atoms with Crippen LogP contribution >= 0.6 is 0 Å². The molecular formula is C12H16N4O3. The first kappa shape index (κ1) is 13.3. The molecular weight excluding hydrogens is 248 g/mol. The first-order valence-corrected chi connectivity index (χ1v) is 6.02. The SMILES string of the molecule is CN(CCO)C(=O)CCn1nc2ccccn2c1=O. The Morgan fingerprint density at radius 1 is 1.47 bits per heavy atom. The minimum atomic E-state index is -0.256. The predicted octanol–water partition coefficient (Wildman–Crippen LogP) is -0.663. The molecule has 0 spiro atoms. The second-order valence-corrected chi connectivity index (χ2v) is 4.22. The van der Waals surface area contributed by atoms with Gasteiger partial charge in [0.2, 0.25) is 5.91 Å². The van der Waals surface area contributed by atoms with Crippen molar-refractivity contribution in [1.82, 2.24) is 19.1 Å². The van der Waals surface area contributed by atoms with Crippen LogP contribution < -0.4 is 5.69 Å². The fourth-order valence-electron chi connectivity index (χ4n) is 1.78. The summed E-state index contributed by atoms with van der Waals surface area (Å²) in [6.45, 7) is 0.449. The summed E-state index contributed by atoms with van der Waals surface area (Å²) in [4.78, 5) is 25.1. The predicted molar refractivity (Wildman–Crippen MR) is 68.8 cm³/mol. The highest BCUT2D eigenvalue weighted by Crippen LogP contribution is 1.97. The first-order valence-electron chi connectivity index (χ1n) is 6.02. The molecule has 2 heterocycles. The maximum Gasteiger partial charge on any atom is 0.350 e. The van der Waals surface area contributed by atoms with E-state index >= 15 is 0 Å². The number of aliphatic hydroxyl groups excluding tert-OH is 1. The lowest BCUT2D eigenvalue weighted by Crippen LogP contribution is -2.31. The minimum Gasteiger partial charge on any atom is -0.395 e. The Hall–Kier alpha value is -2.15. The summed E-state index contributed by atoms with van der Waals surface area (Å²) in [7, 11) is 1.62. The summed E-state index contributed by atoms with van der Waals surface area (Å²) in [5, 5.41) is 12.9. The molecule has 2 aromatic heterocycles. The number of carbonyl (C=O) groups is 1. The number of pyridine rings is 1. The third-order valence-electron chi connectivity index (χ3n) is 2.89. The largest absolute Gasteiger partial charge is 0.395 e. The third kappa shape index (κ3) is 2.82. The third-order valence-corrected chi connectivity index (χ3v) is 2.89. The van der Waals surface area contributed by atoms with Gasteiger partial charge in [0.05, 0.1) is 13.2 Å². The molecule has 0 saturated heterocycles. The van der Waals surface area contributed by atoms with Gasteiger partial charge in [0.15, 0.2) is 5.65 Å². The second kappa shape index (κ2) is 5.66. The molecule has 0 radical (unpaired) electrons. The van der Waals surface area contributed by atoms with Crippen molar-refractivity contribution in [2.75, 3.05) is 20.2 Å². The molecule has 0 fully saturated rings. The number of carbonyl (C=O) groups excluding carboxylic acids is 1. The average molecular weight is 264 g/mol. The quantitative estimate of drug-likeness (QED) is 0.777. The normalized spacial score (nSPS) is 10.8. The van der Waals surface area contributed by atoms with Crippen LogP contribution in [0, 0.1) is 0 Å². The topological polar surface area (TPSA) is 79.8 Å². The Bertz CT molecular complexity index is 631. The fraction of sp³-hybridized carbons (Fsp3) is 0.417. The molecule has 102 valence electrons. The number of hydrogen-bond donors (Lipinski definition) is 1. The van der Waals surface area contributed by atoms with Crippen molar-refractivity contribution in [3.63, 3.8) is 0 Å². The molecule has 0 unspecified atom stereocenters. The zero-order chi connectivity index (χ0) is 13.8. The van der Waals surface area contributed by atoms with Crippen LogP contribution in [0.3, 0.4) is 0 Å². The number of likely N-dealkylation sites (N-methyl/N-ethyl adjacent to an activating group) is 1. The number of aromatic nitrogens is 3. The highest BCUT2D eigenvalue weighted by molar-refractivity contribution is 5.75. The van der Waals surface area contributed by atoms with Gasteiger partial charge in [0.25, 0.3) is 0 Å². The van der Waals surface area contributed by atoms with Crippen molar-refractivity contribution >= 4 is 11.6 Å². The van der Waals surface area contributed by atoms with Crippen LogP contribution in [0.25, 0.3) is 5.65 Å². The highest BCUT2D eigenvalue weighted by atomic mass is 16.3. The van der Waals surface area contributed by atoms with Gasteiger partial charge >= 0.3 is 5.69 Å². The number of amides is 1. The fourth-order valence-corrected chi connectivity index (χ4v) is 1.78. The summed E-state index contributed by atoms with van der Waals surface area (Å²) < 4.78 is 2.71. The van der Waals surface area contributed by atoms with Gasteiger partial charge in [0, 0.05) is 26.2 Å². The van der Waals surface area contributed by atoms with Gasteiger partial charge < -0.3 is 10.0 Å². The van der Waals surface area contributed by atoms with Gasteiger partial charge in [-0.25, -0.2) is 9.48 Å². The zero-order valence-electron chi connectivity index (χ0n) is 10.7. The van der Waals surface area contributed by atoms with Crippen LogP contribution in [0.1, 0.15) is 6.42 Å². The Kier molecular flexibility index (Phi) is 3.96. The molecule has 0 aliphatic rings. The van der Waals surface area contributed by atoms with Crippen molar-refractivity contribution in [2.24, 2.45) is 0 Å². The van der Waals surface area contributed by atoms with E-state index < -0.39 is 0 Å². The summed E-state index contributed by atoms with van der Waals surface area (Å²) in [6, 6.07) is 5.28. The van der Waals surface area contributed by atoms with Crippen molar-refractivity contribution in [2.45, 2.75) is 13.0 Å². The Morgan fingerprint density at radius 2 is 2.26 bits per heavy atom. The highest BCUT2D eigenvalue weighted by Gasteiger charge is 2.11. The van der Waals surface area contributed by atoms with Gasteiger partial charge in [-0.1, -0.05) is 6.07 Å². The number of rotatable bonds is 5. The number of hydrogen-bond acceptors (Lipinski definition) is 4. The van der Waals surface area contributed by atoms with E-state index in [1.165, 1.54) is 14.0 Å². The smallest absolute Gasteiger partial charge is 0.350 e. The molecule has 1 amide bonds. The average Bonchev–Trinajstić information content (AvgIpc) is 2.73. The Labute approximate surface area is 109 Å². The maximum absolute atomic E-state index is 11.9. The minimum absolute atomic E-state index is 0.0729. The molecule has 0 saturated carbocycles. The molecule has 0 atom stereocenters. The molecule has 0 aliphatic carbocycles. The van der Waals surface area contributed by atoms with Crippen LogP contribution in [0.15, 0.2) is 29.2 Å². The molecule has 19 heavy (non-hydrogen) atoms. The van der Waals surface area contributed by atoms with Crippen LogP contribution in [0.4, 0.5) is 0 Å². The van der Waals surface area contributed by atoms with Gasteiger partial charge in [-0.3, -0.25) is 9.20 Å². The lowest BCUT2D eigenvalue weighted by molar-refractivity contribution is -0.130. The van der Waals surface area contributed by atoms with Crippen LogP contribution in [-0.2, 0) is 11.3 Å². The maximum atomic E-state index is 11.9. The standard InChI is InChI=1S/C12H16N4O3/c1-14(8-9-17)11(18)5-7-16-12(19)15-6-3-2-4-10(15)13-16/h2-4,6,17H,5,7-9H2,1H3. The number of aliphatic hydroxyl groups is 1. The van der Waals surface area contributed by atoms with Crippen molar-refractivity contribution in [3.8, 4) is 0 Å². The molecule has 0 aromatic carbocycles. The number of nitrogens with zero attached hydrogens (tertiary/aromatic N) is 4. The molecule has 7 heteroatoms. The molecule has 0 aliphatic heterocycles. The Morgan fingerprint density at radius 3 is 2.95 bits per heavy atom. The lowest BCUT2D eigenvalue weighted by atomic mass is 10.3. The van der Waals surface area contributed by atoms with Crippen molar-refractivity contribution in [3.05, 3.63) is 34.9 Å². The van der Waals surface area contributed by atoms with Crippen molar-refractivity contribution in [1.29, 1.82) is 0 Å². The van der Waals surface area contributed by atoms with Gasteiger partial charge in [-0.05, 0) is 12.1 Å². The summed E-state index contributed by atoms with van der Waals surface area (Å²) in [5.74, 6) is -0.127. The van der Waals surface area contributed by atoms with Crippen LogP contribution in [-0.4, -0.2) is 50.3 Å². The van der Waals surface area contributed by atoms with Gasteiger partial charge in [-0.2, -0.15) is 0 Å². The first-order chi connectivity index (χ1) is 9.13. The van der Waals surface area contributed by atoms with Crippen molar-refractivity contribution < 1.29 is 9.90 Å². The van der Waals surface area contributed by atoms with E-state index in [-0.39, 0.29) is 31.2 Å². The summed E-state index contributed by atoms with van der Waals surface area (Å²) >= 11 is 0. The van der Waals surface area contributed by atoms with Gasteiger partial charge in [0.1, 0.15) is 0 Å². The zero-order valence-corrected chi connectivity index (χ0v) is 10.7. The molecule has 0 bridgehead atoms. The summed E-state index contributed by atoms with van der Waals surface area (Å²) in [5.41, 5.74) is 0.303. The second-order valence-electron chi connectivity index (χ2n) is 4.22. The van der Waals surface area contributed by atoms with E-state index in [0.29, 0.717) is 12.2 Å². The number of fused-ring (bicyclic) bond motifs is 1. The van der Waals surface area contributed by atoms with E-state index in [4.69, 9.17) is 5.11 Å². The van der Waals surface area contributed by atoms with Crippen LogP contribution in [0.2, 0.25) is 0 Å². The summed E-state index contributed by atoms with van der Waals surface area (Å²) in [6.07, 6.45) is 1.82. The Balaban J connectivity index is 2.08. The molecule has 1 N–H and O–H groups in total. The van der Waals surface area contributed by atoms with E-state index in [2.05, 4.69) is 5.10 Å². The lowest BCUT2D eigenvalue weighted by Gasteiger charge is -2.14. The van der Waals surface area contributed by atoms with E-state index in [1.807, 2.05) is 0 Å². The van der Waals surface area contributed by atoms with E-state index in [9.17, 15) is 9.59 Å². The van der Waals surface area contributed by atoms with Gasteiger partial charge in [-0.15, -0.1) is 5.10 Å². The van der Waals surface area contributed by atoms with E-state index in [0.717, 1.165) is 0 Å². The van der Waals surface area contributed by atoms with E-state index in [1.54, 1.807) is 31.4 Å². The molecule has 2 rings (SSSR count). The molecule has 7 nitrogen and oxygen atoms in total. The monoisotopic (exact) mass is 264 g/mol.